The van der Waals surface area contributed by atoms with E-state index in [1.54, 1.807) is 0 Å². The van der Waals surface area contributed by atoms with Gasteiger partial charge in [-0.05, 0) is 25.7 Å². The molecule has 0 aromatic rings. The predicted molar refractivity (Wildman–Crippen MR) is 188 cm³/mol. The van der Waals surface area contributed by atoms with Gasteiger partial charge in [-0.3, -0.25) is 0 Å². The zero-order chi connectivity index (χ0) is 29.6. The summed E-state index contributed by atoms with van der Waals surface area (Å²) >= 11 is 4.34. The molecular weight excluding hydrogens is 529 g/mol. The summed E-state index contributed by atoms with van der Waals surface area (Å²) in [6.45, 7) is 17.5. The molecule has 0 aliphatic rings. The van der Waals surface area contributed by atoms with Crippen molar-refractivity contribution in [2.45, 2.75) is 192 Å². The summed E-state index contributed by atoms with van der Waals surface area (Å²) < 4.78 is 12.8. The fraction of sp³-hybridized carbons (Fsp3) is 1.00. The maximum absolute atomic E-state index is 5.99. The minimum Gasteiger partial charge on any atom is -0.378 e. The number of unbranched alkanes of at least 4 members (excludes halogenated alkanes) is 14. The van der Waals surface area contributed by atoms with Gasteiger partial charge in [-0.2, -0.15) is 23.5 Å². The highest BCUT2D eigenvalue weighted by Crippen LogP contribution is 2.37. The molecule has 0 rings (SSSR count). The smallest absolute Gasteiger partial charge is 0.0700 e. The van der Waals surface area contributed by atoms with Crippen molar-refractivity contribution in [1.82, 2.24) is 0 Å². The van der Waals surface area contributed by atoms with Gasteiger partial charge in [-0.25, -0.2) is 0 Å². The first-order chi connectivity index (χ1) is 19.4. The van der Waals surface area contributed by atoms with Crippen LogP contribution in [-0.4, -0.2) is 47.4 Å². The molecule has 0 aliphatic heterocycles. The largest absolute Gasteiger partial charge is 0.378 e. The van der Waals surface area contributed by atoms with Crippen LogP contribution in [0.1, 0.15) is 183 Å². The zero-order valence-electron chi connectivity index (χ0n) is 28.4. The Bertz CT molecular complexity index is 459. The van der Waals surface area contributed by atoms with Crippen LogP contribution < -0.4 is 0 Å². The van der Waals surface area contributed by atoms with Crippen molar-refractivity contribution in [2.75, 3.05) is 37.9 Å². The Labute approximate surface area is 262 Å². The highest BCUT2D eigenvalue weighted by atomic mass is 32.2. The summed E-state index contributed by atoms with van der Waals surface area (Å²) in [5, 5.41) is 0. The molecule has 0 aliphatic carbocycles. The Kier molecular flexibility index (Phi) is 30.1. The van der Waals surface area contributed by atoms with E-state index in [-0.39, 0.29) is 0 Å². The van der Waals surface area contributed by atoms with Gasteiger partial charge in [0.2, 0.25) is 0 Å². The molecule has 0 fully saturated rings. The molecule has 0 N–H and O–H groups in total. The Morgan fingerprint density at radius 2 is 0.650 bits per heavy atom. The lowest BCUT2D eigenvalue weighted by Crippen LogP contribution is -2.22. The van der Waals surface area contributed by atoms with E-state index in [9.17, 15) is 0 Å². The molecule has 0 heterocycles. The second-order valence-electron chi connectivity index (χ2n) is 12.8. The van der Waals surface area contributed by atoms with E-state index in [4.69, 9.17) is 9.47 Å². The van der Waals surface area contributed by atoms with Crippen molar-refractivity contribution in [3.8, 4) is 0 Å². The van der Waals surface area contributed by atoms with Crippen molar-refractivity contribution in [3.05, 3.63) is 0 Å². The molecule has 0 spiro atoms. The Hall–Kier alpha value is 0.620. The Morgan fingerprint density at radius 1 is 0.375 bits per heavy atom. The van der Waals surface area contributed by atoms with Crippen LogP contribution >= 0.6 is 23.5 Å². The van der Waals surface area contributed by atoms with Crippen LogP contribution in [0.4, 0.5) is 0 Å². The van der Waals surface area contributed by atoms with E-state index in [2.05, 4.69) is 65.1 Å². The van der Waals surface area contributed by atoms with E-state index in [1.165, 1.54) is 141 Å². The summed E-state index contributed by atoms with van der Waals surface area (Å²) in [4.78, 5) is 0. The molecule has 0 amide bonds. The average Bonchev–Trinajstić information content (AvgIpc) is 2.94. The number of rotatable bonds is 33. The second kappa shape index (κ2) is 29.7. The van der Waals surface area contributed by atoms with E-state index in [0.29, 0.717) is 9.49 Å². The molecule has 242 valence electrons. The standard InChI is InChI=1S/C36H74O2S2/c1-7-11-15-19-23-27-35(5,25-21-17-13-9-3)39-33-31-37-29-30-38-32-34-40-36(6,26-22-18-14-10-4)28-24-20-16-12-8-2/h7-34H2,1-6H3. The molecule has 0 aromatic heterocycles. The van der Waals surface area contributed by atoms with Gasteiger partial charge in [-0.15, -0.1) is 0 Å². The Morgan fingerprint density at radius 3 is 0.950 bits per heavy atom. The first-order valence-corrected chi connectivity index (χ1v) is 19.9. The molecule has 0 radical (unpaired) electrons. The fourth-order valence-corrected chi connectivity index (χ4v) is 8.15. The van der Waals surface area contributed by atoms with Gasteiger partial charge >= 0.3 is 0 Å². The molecule has 0 saturated heterocycles. The van der Waals surface area contributed by atoms with E-state index >= 15 is 0 Å². The van der Waals surface area contributed by atoms with Gasteiger partial charge in [0, 0.05) is 21.0 Å². The van der Waals surface area contributed by atoms with Crippen LogP contribution in [-0.2, 0) is 9.47 Å². The molecular formula is C36H74O2S2. The van der Waals surface area contributed by atoms with Crippen LogP contribution in [0.25, 0.3) is 0 Å². The molecule has 2 atom stereocenters. The van der Waals surface area contributed by atoms with Crippen LogP contribution in [0.5, 0.6) is 0 Å². The maximum atomic E-state index is 5.99. The van der Waals surface area contributed by atoms with Crippen LogP contribution in [0.2, 0.25) is 0 Å². The molecule has 40 heavy (non-hydrogen) atoms. The summed E-state index contributed by atoms with van der Waals surface area (Å²) in [5.41, 5.74) is 0. The summed E-state index contributed by atoms with van der Waals surface area (Å²) in [6, 6.07) is 0. The highest BCUT2D eigenvalue weighted by Gasteiger charge is 2.24. The van der Waals surface area contributed by atoms with E-state index in [1.807, 2.05) is 0 Å². The summed E-state index contributed by atoms with van der Waals surface area (Å²) in [7, 11) is 0. The maximum Gasteiger partial charge on any atom is 0.0700 e. The minimum absolute atomic E-state index is 0.427. The molecule has 4 heteroatoms. The predicted octanol–water partition coefficient (Wildman–Crippen LogP) is 12.7. The molecule has 0 bridgehead atoms. The molecule has 0 aromatic carbocycles. The second-order valence-corrected chi connectivity index (χ2v) is 16.1. The molecule has 2 unspecified atom stereocenters. The van der Waals surface area contributed by atoms with Crippen molar-refractivity contribution in [1.29, 1.82) is 0 Å². The quantitative estimate of drug-likeness (QED) is 0.0695. The number of hydrogen-bond donors (Lipinski definition) is 0. The third-order valence-electron chi connectivity index (χ3n) is 8.47. The van der Waals surface area contributed by atoms with Crippen molar-refractivity contribution < 1.29 is 9.47 Å². The van der Waals surface area contributed by atoms with Gasteiger partial charge in [0.1, 0.15) is 0 Å². The number of ether oxygens (including phenoxy) is 2. The van der Waals surface area contributed by atoms with E-state index < -0.39 is 0 Å². The molecule has 0 saturated carbocycles. The SMILES string of the molecule is CCCCCCCC(C)(CCCCCC)SCCOCCOCCSC(C)(CCCCCC)CCCCCCC. The van der Waals surface area contributed by atoms with Crippen LogP contribution in [0.3, 0.4) is 0 Å². The van der Waals surface area contributed by atoms with Crippen LogP contribution in [0.15, 0.2) is 0 Å². The third kappa shape index (κ3) is 26.3. The lowest BCUT2D eigenvalue weighted by atomic mass is 9.95. The number of hydrogen-bond acceptors (Lipinski definition) is 4. The Balaban J connectivity index is 4.14. The average molecular weight is 603 g/mol. The lowest BCUT2D eigenvalue weighted by molar-refractivity contribution is 0.0603. The van der Waals surface area contributed by atoms with Crippen molar-refractivity contribution in [2.24, 2.45) is 0 Å². The topological polar surface area (TPSA) is 18.5 Å². The minimum atomic E-state index is 0.427. The highest BCUT2D eigenvalue weighted by molar-refractivity contribution is 8.00. The third-order valence-corrected chi connectivity index (χ3v) is 11.4. The van der Waals surface area contributed by atoms with Gasteiger partial charge < -0.3 is 9.47 Å². The fourth-order valence-electron chi connectivity index (χ4n) is 5.61. The summed E-state index contributed by atoms with van der Waals surface area (Å²) in [5.74, 6) is 2.23. The summed E-state index contributed by atoms with van der Waals surface area (Å²) in [6.07, 6.45) is 30.3. The lowest BCUT2D eigenvalue weighted by Gasteiger charge is -2.30. The van der Waals surface area contributed by atoms with Crippen LogP contribution in [0, 0.1) is 0 Å². The van der Waals surface area contributed by atoms with Gasteiger partial charge in [0.15, 0.2) is 0 Å². The van der Waals surface area contributed by atoms with Crippen molar-refractivity contribution in [3.63, 3.8) is 0 Å². The van der Waals surface area contributed by atoms with Crippen molar-refractivity contribution >= 4 is 23.5 Å². The molecule has 2 nitrogen and oxygen atoms in total. The normalized spacial score (nSPS) is 14.8. The number of thioether (sulfide) groups is 2. The first-order valence-electron chi connectivity index (χ1n) is 17.9. The first kappa shape index (κ1) is 40.6. The monoisotopic (exact) mass is 603 g/mol. The van der Waals surface area contributed by atoms with E-state index in [0.717, 1.165) is 37.9 Å². The van der Waals surface area contributed by atoms with Gasteiger partial charge in [-0.1, -0.05) is 157 Å². The zero-order valence-corrected chi connectivity index (χ0v) is 30.1. The van der Waals surface area contributed by atoms with Gasteiger partial charge in [0.05, 0.1) is 26.4 Å². The van der Waals surface area contributed by atoms with Gasteiger partial charge in [0.25, 0.3) is 0 Å².